The molecule has 0 radical (unpaired) electrons. The third kappa shape index (κ3) is 4.72. The number of ether oxygens (including phenoxy) is 1. The van der Waals surface area contributed by atoms with Crippen molar-refractivity contribution in [3.8, 4) is 0 Å². The number of hydrogen-bond acceptors (Lipinski definition) is 5. The Labute approximate surface area is 101 Å². The summed E-state index contributed by atoms with van der Waals surface area (Å²) in [7, 11) is -3.28. The fourth-order valence-electron chi connectivity index (χ4n) is 1.45. The molecule has 0 spiro atoms. The van der Waals surface area contributed by atoms with E-state index in [9.17, 15) is 18.0 Å². The van der Waals surface area contributed by atoms with Crippen LogP contribution >= 0.6 is 0 Å². The second kappa shape index (κ2) is 4.64. The number of Topliss-reactive ketones (excluding diaryl/α,β-unsaturated/α-hetero) is 1. The van der Waals surface area contributed by atoms with E-state index in [2.05, 4.69) is 5.32 Å². The van der Waals surface area contributed by atoms with Crippen molar-refractivity contribution in [2.75, 3.05) is 11.5 Å². The first-order valence-electron chi connectivity index (χ1n) is 5.32. The first kappa shape index (κ1) is 14.0. The molecule has 0 aliphatic carbocycles. The molecule has 1 heterocycles. The summed E-state index contributed by atoms with van der Waals surface area (Å²) in [4.78, 5) is 22.9. The predicted octanol–water partition coefficient (Wildman–Crippen LogP) is 0.267. The number of carbonyl (C=O) groups is 2. The van der Waals surface area contributed by atoms with Crippen LogP contribution in [0, 0.1) is 0 Å². The van der Waals surface area contributed by atoms with Gasteiger partial charge in [0, 0.05) is 0 Å². The van der Waals surface area contributed by atoms with Crippen molar-refractivity contribution in [2.24, 2.45) is 0 Å². The lowest BCUT2D eigenvalue weighted by atomic mass is 10.1. The van der Waals surface area contributed by atoms with E-state index in [0.29, 0.717) is 0 Å². The maximum atomic E-state index is 11.5. The number of rotatable bonds is 1. The SMILES string of the molecule is CC(C)(C)OC(=O)NC1CCS(=O)(=O)CC1=O. The Hall–Kier alpha value is -1.11. The first-order valence-corrected chi connectivity index (χ1v) is 7.14. The number of amides is 1. The van der Waals surface area contributed by atoms with Gasteiger partial charge in [-0.1, -0.05) is 0 Å². The molecule has 1 aliphatic rings. The lowest BCUT2D eigenvalue weighted by Gasteiger charge is -2.25. The number of ketones is 1. The zero-order valence-electron chi connectivity index (χ0n) is 10.1. The first-order chi connectivity index (χ1) is 7.59. The largest absolute Gasteiger partial charge is 0.444 e. The topological polar surface area (TPSA) is 89.5 Å². The highest BCUT2D eigenvalue weighted by Gasteiger charge is 2.33. The molecule has 1 amide bonds. The summed E-state index contributed by atoms with van der Waals surface area (Å²) in [6.07, 6.45) is -0.587. The summed E-state index contributed by atoms with van der Waals surface area (Å²) in [6.45, 7) is 5.12. The Bertz CT molecular complexity index is 420. The molecule has 98 valence electrons. The van der Waals surface area contributed by atoms with Crippen molar-refractivity contribution < 1.29 is 22.7 Å². The van der Waals surface area contributed by atoms with Crippen LogP contribution in [0.15, 0.2) is 0 Å². The Morgan fingerprint density at radius 1 is 1.41 bits per heavy atom. The maximum absolute atomic E-state index is 11.5. The van der Waals surface area contributed by atoms with Crippen LogP contribution in [-0.2, 0) is 19.4 Å². The molecule has 1 saturated heterocycles. The quantitative estimate of drug-likeness (QED) is 0.733. The lowest BCUT2D eigenvalue weighted by Crippen LogP contribution is -2.49. The average Bonchev–Trinajstić information content (AvgIpc) is 2.06. The van der Waals surface area contributed by atoms with Crippen LogP contribution in [0.4, 0.5) is 4.79 Å². The van der Waals surface area contributed by atoms with Gasteiger partial charge in [-0.25, -0.2) is 13.2 Å². The van der Waals surface area contributed by atoms with Crippen LogP contribution in [0.1, 0.15) is 27.2 Å². The molecule has 1 fully saturated rings. The predicted molar refractivity (Wildman–Crippen MR) is 61.4 cm³/mol. The highest BCUT2D eigenvalue weighted by molar-refractivity contribution is 7.92. The zero-order valence-corrected chi connectivity index (χ0v) is 11.0. The van der Waals surface area contributed by atoms with Crippen molar-refractivity contribution in [1.82, 2.24) is 5.32 Å². The Kier molecular flexibility index (Phi) is 3.81. The minimum absolute atomic E-state index is 0.0841. The Morgan fingerprint density at radius 3 is 2.47 bits per heavy atom. The number of hydrogen-bond donors (Lipinski definition) is 1. The molecule has 0 bridgehead atoms. The van der Waals surface area contributed by atoms with Crippen LogP contribution in [0.25, 0.3) is 0 Å². The highest BCUT2D eigenvalue weighted by Crippen LogP contribution is 2.11. The molecule has 1 rings (SSSR count). The average molecular weight is 263 g/mol. The normalized spacial score (nSPS) is 24.2. The van der Waals surface area contributed by atoms with Gasteiger partial charge in [-0.3, -0.25) is 4.79 Å². The second-order valence-electron chi connectivity index (χ2n) is 5.05. The lowest BCUT2D eigenvalue weighted by molar-refractivity contribution is -0.119. The minimum atomic E-state index is -3.28. The van der Waals surface area contributed by atoms with E-state index in [1.165, 1.54) is 0 Å². The smallest absolute Gasteiger partial charge is 0.408 e. The van der Waals surface area contributed by atoms with Gasteiger partial charge >= 0.3 is 6.09 Å². The number of nitrogens with one attached hydrogen (secondary N) is 1. The number of alkyl carbamates (subject to hydrolysis) is 1. The molecule has 17 heavy (non-hydrogen) atoms. The summed E-state index contributed by atoms with van der Waals surface area (Å²) in [5.74, 6) is -1.07. The molecule has 0 saturated carbocycles. The number of sulfone groups is 1. The van der Waals surface area contributed by atoms with Crippen molar-refractivity contribution >= 4 is 21.7 Å². The molecular weight excluding hydrogens is 246 g/mol. The van der Waals surface area contributed by atoms with Crippen molar-refractivity contribution in [1.29, 1.82) is 0 Å². The van der Waals surface area contributed by atoms with Crippen molar-refractivity contribution in [3.05, 3.63) is 0 Å². The van der Waals surface area contributed by atoms with Gasteiger partial charge in [0.15, 0.2) is 15.6 Å². The van der Waals surface area contributed by atoms with Gasteiger partial charge < -0.3 is 10.1 Å². The molecule has 1 N–H and O–H groups in total. The third-order valence-electron chi connectivity index (χ3n) is 2.16. The van der Waals surface area contributed by atoms with Gasteiger partial charge in [-0.15, -0.1) is 0 Å². The molecule has 7 heteroatoms. The van der Waals surface area contributed by atoms with E-state index in [-0.39, 0.29) is 12.2 Å². The molecule has 0 aromatic heterocycles. The summed E-state index contributed by atoms with van der Waals surface area (Å²) in [5, 5.41) is 2.39. The molecule has 1 unspecified atom stereocenters. The van der Waals surface area contributed by atoms with Crippen LogP contribution in [0.5, 0.6) is 0 Å². The van der Waals surface area contributed by atoms with E-state index in [1.807, 2.05) is 0 Å². The standard InChI is InChI=1S/C10H17NO5S/c1-10(2,3)16-9(13)11-7-4-5-17(14,15)6-8(7)12/h7H,4-6H2,1-3H3,(H,11,13). The highest BCUT2D eigenvalue weighted by atomic mass is 32.2. The third-order valence-corrected chi connectivity index (χ3v) is 3.74. The molecule has 1 atom stereocenters. The maximum Gasteiger partial charge on any atom is 0.408 e. The Balaban J connectivity index is 2.54. The molecule has 0 aromatic rings. The summed E-state index contributed by atoms with van der Waals surface area (Å²) in [5.41, 5.74) is -0.645. The molecule has 6 nitrogen and oxygen atoms in total. The van der Waals surface area contributed by atoms with Crippen LogP contribution < -0.4 is 5.32 Å². The van der Waals surface area contributed by atoms with E-state index < -0.39 is 39.1 Å². The van der Waals surface area contributed by atoms with E-state index >= 15 is 0 Å². The second-order valence-corrected chi connectivity index (χ2v) is 7.23. The van der Waals surface area contributed by atoms with Crippen LogP contribution in [-0.4, -0.2) is 43.4 Å². The summed E-state index contributed by atoms with van der Waals surface area (Å²) >= 11 is 0. The molecular formula is C10H17NO5S. The van der Waals surface area contributed by atoms with E-state index in [0.717, 1.165) is 0 Å². The van der Waals surface area contributed by atoms with Gasteiger partial charge in [0.2, 0.25) is 0 Å². The fourth-order valence-corrected chi connectivity index (χ4v) is 2.82. The van der Waals surface area contributed by atoms with Crippen LogP contribution in [0.2, 0.25) is 0 Å². The van der Waals surface area contributed by atoms with E-state index in [1.54, 1.807) is 20.8 Å². The zero-order chi connectivity index (χ0) is 13.3. The Morgan fingerprint density at radius 2 is 2.00 bits per heavy atom. The van der Waals surface area contributed by atoms with Gasteiger partial charge in [0.05, 0.1) is 11.8 Å². The number of carbonyl (C=O) groups excluding carboxylic acids is 2. The van der Waals surface area contributed by atoms with E-state index in [4.69, 9.17) is 4.74 Å². The minimum Gasteiger partial charge on any atom is -0.444 e. The van der Waals surface area contributed by atoms with Gasteiger partial charge in [0.25, 0.3) is 0 Å². The van der Waals surface area contributed by atoms with Crippen LogP contribution in [0.3, 0.4) is 0 Å². The monoisotopic (exact) mass is 263 g/mol. The fraction of sp³-hybridized carbons (Fsp3) is 0.800. The van der Waals surface area contributed by atoms with Crippen molar-refractivity contribution in [2.45, 2.75) is 38.8 Å². The molecule has 0 aromatic carbocycles. The van der Waals surface area contributed by atoms with Gasteiger partial charge in [-0.2, -0.15) is 0 Å². The van der Waals surface area contributed by atoms with Gasteiger partial charge in [0.1, 0.15) is 11.4 Å². The van der Waals surface area contributed by atoms with Crippen molar-refractivity contribution in [3.63, 3.8) is 0 Å². The van der Waals surface area contributed by atoms with Gasteiger partial charge in [-0.05, 0) is 27.2 Å². The summed E-state index contributed by atoms with van der Waals surface area (Å²) < 4.78 is 27.3. The summed E-state index contributed by atoms with van der Waals surface area (Å²) in [6, 6.07) is -0.756. The molecule has 1 aliphatic heterocycles.